The van der Waals surface area contributed by atoms with Gasteiger partial charge in [0.2, 0.25) is 0 Å². The molecule has 0 fully saturated rings. The van der Waals surface area contributed by atoms with Gasteiger partial charge in [0.25, 0.3) is 0 Å². The third-order valence-electron chi connectivity index (χ3n) is 2.03. The molecule has 2 rings (SSSR count). The second kappa shape index (κ2) is 3.87. The topological polar surface area (TPSA) is 33.1 Å². The largest absolute Gasteiger partial charge is 0.507 e. The molecule has 0 saturated carbocycles. The second-order valence-corrected chi connectivity index (χ2v) is 3.43. The van der Waals surface area contributed by atoms with E-state index in [4.69, 9.17) is 11.6 Å². The molecule has 1 N–H and O–H groups in total. The fourth-order valence-corrected chi connectivity index (χ4v) is 1.46. The van der Waals surface area contributed by atoms with E-state index in [2.05, 4.69) is 4.98 Å². The maximum Gasteiger partial charge on any atom is 0.145 e. The number of halogens is 2. The summed E-state index contributed by atoms with van der Waals surface area (Å²) in [5, 5.41) is 9.54. The van der Waals surface area contributed by atoms with Gasteiger partial charge < -0.3 is 5.11 Å². The zero-order valence-corrected chi connectivity index (χ0v) is 8.37. The lowest BCUT2D eigenvalue weighted by atomic mass is 10.1. The first-order valence-corrected chi connectivity index (χ1v) is 4.64. The lowest BCUT2D eigenvalue weighted by Gasteiger charge is -2.05. The average Bonchev–Trinajstić information content (AvgIpc) is 2.25. The molecule has 0 saturated heterocycles. The van der Waals surface area contributed by atoms with Gasteiger partial charge in [-0.1, -0.05) is 11.6 Å². The van der Waals surface area contributed by atoms with E-state index in [1.807, 2.05) is 0 Å². The summed E-state index contributed by atoms with van der Waals surface area (Å²) in [6.07, 6.45) is 3.18. The van der Waals surface area contributed by atoms with Crippen LogP contribution in [0.25, 0.3) is 11.1 Å². The minimum Gasteiger partial charge on any atom is -0.507 e. The van der Waals surface area contributed by atoms with Crippen LogP contribution in [0.2, 0.25) is 5.02 Å². The van der Waals surface area contributed by atoms with E-state index in [0.29, 0.717) is 5.56 Å². The quantitative estimate of drug-likeness (QED) is 0.805. The fourth-order valence-electron chi connectivity index (χ4n) is 1.30. The fraction of sp³-hybridized carbons (Fsp3) is 0. The van der Waals surface area contributed by atoms with Crippen LogP contribution in [0.1, 0.15) is 0 Å². The molecule has 0 radical (unpaired) electrons. The highest BCUT2D eigenvalue weighted by molar-refractivity contribution is 6.31. The van der Waals surface area contributed by atoms with Crippen molar-refractivity contribution in [3.8, 4) is 16.9 Å². The highest BCUT2D eigenvalue weighted by atomic mass is 35.5. The van der Waals surface area contributed by atoms with Gasteiger partial charge >= 0.3 is 0 Å². The van der Waals surface area contributed by atoms with Crippen molar-refractivity contribution in [1.82, 2.24) is 4.98 Å². The zero-order valence-electron chi connectivity index (χ0n) is 7.61. The Hall–Kier alpha value is -1.61. The van der Waals surface area contributed by atoms with Crippen molar-refractivity contribution in [2.45, 2.75) is 0 Å². The molecule has 0 spiro atoms. The third kappa shape index (κ3) is 1.92. The molecule has 0 unspecified atom stereocenters. The van der Waals surface area contributed by atoms with Gasteiger partial charge in [0, 0.05) is 24.0 Å². The number of phenols is 1. The van der Waals surface area contributed by atoms with E-state index < -0.39 is 5.82 Å². The minimum absolute atomic E-state index is 0.0142. The molecule has 0 atom stereocenters. The van der Waals surface area contributed by atoms with Gasteiger partial charge in [-0.2, -0.15) is 0 Å². The Labute approximate surface area is 91.0 Å². The van der Waals surface area contributed by atoms with Crippen molar-refractivity contribution < 1.29 is 9.50 Å². The lowest BCUT2D eigenvalue weighted by molar-refractivity contribution is 0.471. The Morgan fingerprint density at radius 2 is 1.87 bits per heavy atom. The van der Waals surface area contributed by atoms with Crippen LogP contribution in [0, 0.1) is 5.82 Å². The van der Waals surface area contributed by atoms with Crippen LogP contribution in [0.4, 0.5) is 4.39 Å². The predicted molar refractivity (Wildman–Crippen MR) is 56.3 cm³/mol. The summed E-state index contributed by atoms with van der Waals surface area (Å²) >= 11 is 5.63. The number of phenolic OH excluding ortho intramolecular Hbond substituents is 1. The average molecular weight is 224 g/mol. The van der Waals surface area contributed by atoms with Crippen molar-refractivity contribution >= 4 is 11.6 Å². The predicted octanol–water partition coefficient (Wildman–Crippen LogP) is 3.25. The number of pyridine rings is 1. The molecule has 4 heteroatoms. The summed E-state index contributed by atoms with van der Waals surface area (Å²) in [4.78, 5) is 3.85. The summed E-state index contributed by atoms with van der Waals surface area (Å²) in [6.45, 7) is 0. The highest BCUT2D eigenvalue weighted by Crippen LogP contribution is 2.32. The van der Waals surface area contributed by atoms with Crippen molar-refractivity contribution in [3.63, 3.8) is 0 Å². The Kier molecular flexibility index (Phi) is 2.56. The van der Waals surface area contributed by atoms with E-state index in [1.165, 1.54) is 6.07 Å². The maximum atomic E-state index is 13.0. The van der Waals surface area contributed by atoms with Crippen LogP contribution >= 0.6 is 11.6 Å². The Morgan fingerprint density at radius 3 is 2.53 bits per heavy atom. The second-order valence-electron chi connectivity index (χ2n) is 3.02. The van der Waals surface area contributed by atoms with Gasteiger partial charge in [-0.15, -0.1) is 0 Å². The monoisotopic (exact) mass is 223 g/mol. The standard InChI is InChI=1S/C11H7ClFNO/c12-9-5-8(11(15)6-10(9)13)7-1-3-14-4-2-7/h1-6,15H. The number of hydrogen-bond acceptors (Lipinski definition) is 2. The molecule has 76 valence electrons. The number of benzene rings is 1. The summed E-state index contributed by atoms with van der Waals surface area (Å²) in [5.41, 5.74) is 1.23. The SMILES string of the molecule is Oc1cc(F)c(Cl)cc1-c1ccncc1. The molecule has 0 aliphatic carbocycles. The molecule has 0 bridgehead atoms. The zero-order chi connectivity index (χ0) is 10.8. The van der Waals surface area contributed by atoms with Crippen LogP contribution in [0.5, 0.6) is 5.75 Å². The van der Waals surface area contributed by atoms with Gasteiger partial charge in [-0.05, 0) is 23.8 Å². The summed E-state index contributed by atoms with van der Waals surface area (Å²) in [5.74, 6) is -0.768. The van der Waals surface area contributed by atoms with E-state index in [0.717, 1.165) is 11.6 Å². The number of rotatable bonds is 1. The van der Waals surface area contributed by atoms with E-state index in [9.17, 15) is 9.50 Å². The molecule has 0 amide bonds. The van der Waals surface area contributed by atoms with Gasteiger partial charge in [0.15, 0.2) is 0 Å². The molecular weight excluding hydrogens is 217 g/mol. The molecule has 0 aliphatic rings. The van der Waals surface area contributed by atoms with Gasteiger partial charge in [0.1, 0.15) is 11.6 Å². The molecule has 2 aromatic rings. The molecule has 0 aliphatic heterocycles. The first kappa shape index (κ1) is 9.93. The first-order valence-electron chi connectivity index (χ1n) is 4.27. The van der Waals surface area contributed by atoms with E-state index >= 15 is 0 Å². The smallest absolute Gasteiger partial charge is 0.145 e. The van der Waals surface area contributed by atoms with E-state index in [1.54, 1.807) is 24.5 Å². The third-order valence-corrected chi connectivity index (χ3v) is 2.32. The minimum atomic E-state index is -0.632. The Morgan fingerprint density at radius 1 is 1.20 bits per heavy atom. The number of nitrogens with zero attached hydrogens (tertiary/aromatic N) is 1. The van der Waals surface area contributed by atoms with Crippen molar-refractivity contribution in [3.05, 3.63) is 47.5 Å². The maximum absolute atomic E-state index is 13.0. The van der Waals surface area contributed by atoms with Gasteiger partial charge in [-0.3, -0.25) is 4.98 Å². The molecule has 1 aromatic carbocycles. The van der Waals surface area contributed by atoms with Crippen LogP contribution in [-0.4, -0.2) is 10.1 Å². The molecule has 2 nitrogen and oxygen atoms in total. The Bertz CT molecular complexity index is 487. The van der Waals surface area contributed by atoms with Crippen molar-refractivity contribution in [2.24, 2.45) is 0 Å². The van der Waals surface area contributed by atoms with Crippen molar-refractivity contribution in [1.29, 1.82) is 0 Å². The van der Waals surface area contributed by atoms with Gasteiger partial charge in [-0.25, -0.2) is 4.39 Å². The summed E-state index contributed by atoms with van der Waals surface area (Å²) in [7, 11) is 0. The molecule has 1 aromatic heterocycles. The number of aromatic nitrogens is 1. The van der Waals surface area contributed by atoms with Crippen LogP contribution in [-0.2, 0) is 0 Å². The molecule has 15 heavy (non-hydrogen) atoms. The Balaban J connectivity index is 2.59. The van der Waals surface area contributed by atoms with Gasteiger partial charge in [0.05, 0.1) is 5.02 Å². The van der Waals surface area contributed by atoms with Crippen LogP contribution in [0.3, 0.4) is 0 Å². The summed E-state index contributed by atoms with van der Waals surface area (Å²) < 4.78 is 13.0. The number of aromatic hydroxyl groups is 1. The van der Waals surface area contributed by atoms with E-state index in [-0.39, 0.29) is 10.8 Å². The molecular formula is C11H7ClFNO. The van der Waals surface area contributed by atoms with Crippen LogP contribution in [0.15, 0.2) is 36.7 Å². The normalized spacial score (nSPS) is 10.3. The summed E-state index contributed by atoms with van der Waals surface area (Å²) in [6, 6.07) is 5.81. The lowest BCUT2D eigenvalue weighted by Crippen LogP contribution is -1.83. The highest BCUT2D eigenvalue weighted by Gasteiger charge is 2.09. The first-order chi connectivity index (χ1) is 7.18. The molecule has 1 heterocycles. The number of hydrogen-bond donors (Lipinski definition) is 1. The van der Waals surface area contributed by atoms with Crippen LogP contribution < -0.4 is 0 Å². The van der Waals surface area contributed by atoms with Crippen molar-refractivity contribution in [2.75, 3.05) is 0 Å².